The van der Waals surface area contributed by atoms with Gasteiger partial charge in [-0.05, 0) is 17.7 Å². The van der Waals surface area contributed by atoms with Gasteiger partial charge in [0, 0.05) is 5.56 Å². The van der Waals surface area contributed by atoms with Gasteiger partial charge in [0.25, 0.3) is 10.9 Å². The Labute approximate surface area is 125 Å². The van der Waals surface area contributed by atoms with Gasteiger partial charge < -0.3 is 9.57 Å². The van der Waals surface area contributed by atoms with Crippen LogP contribution >= 0.6 is 0 Å². The predicted octanol–water partition coefficient (Wildman–Crippen LogP) is 2.18. The Balaban J connectivity index is 2.00. The standard InChI is InChI=1S/C15H11NO6/c17-14(15(18)22-13-4-2-1-3-5-13)12-8-6-11(7-9-12)10-21-16(19)20/h1-9H,10H2. The SMILES string of the molecule is O=C(Oc1ccccc1)C(=O)c1ccc(CO[N+](=O)[O-])cc1. The second-order valence-corrected chi connectivity index (χ2v) is 4.23. The highest BCUT2D eigenvalue weighted by molar-refractivity contribution is 6.41. The normalized spacial score (nSPS) is 9.82. The minimum atomic E-state index is -1.000. The van der Waals surface area contributed by atoms with Gasteiger partial charge in [0.2, 0.25) is 0 Å². The number of ether oxygens (including phenoxy) is 1. The number of Topliss-reactive ketones (excluding diaryl/α,β-unsaturated/α-hetero) is 1. The van der Waals surface area contributed by atoms with Crippen molar-refractivity contribution in [2.45, 2.75) is 6.61 Å². The van der Waals surface area contributed by atoms with Crippen LogP contribution in [0.25, 0.3) is 0 Å². The third-order valence-corrected chi connectivity index (χ3v) is 2.69. The molecule has 0 saturated carbocycles. The molecular weight excluding hydrogens is 290 g/mol. The molecule has 0 spiro atoms. The van der Waals surface area contributed by atoms with Gasteiger partial charge >= 0.3 is 5.97 Å². The molecule has 0 atom stereocenters. The van der Waals surface area contributed by atoms with Gasteiger partial charge in [0.15, 0.2) is 0 Å². The van der Waals surface area contributed by atoms with Crippen molar-refractivity contribution in [3.05, 3.63) is 75.8 Å². The third-order valence-electron chi connectivity index (χ3n) is 2.69. The molecule has 0 bridgehead atoms. The average molecular weight is 301 g/mol. The molecule has 0 saturated heterocycles. The number of carbonyl (C=O) groups excluding carboxylic acids is 2. The van der Waals surface area contributed by atoms with Crippen molar-refractivity contribution in [3.8, 4) is 5.75 Å². The number of ketones is 1. The Morgan fingerprint density at radius 1 is 1.00 bits per heavy atom. The van der Waals surface area contributed by atoms with Crippen LogP contribution in [0.2, 0.25) is 0 Å². The maximum atomic E-state index is 11.9. The van der Waals surface area contributed by atoms with E-state index in [0.29, 0.717) is 5.56 Å². The Morgan fingerprint density at radius 2 is 1.64 bits per heavy atom. The Kier molecular flexibility index (Phi) is 4.81. The van der Waals surface area contributed by atoms with E-state index >= 15 is 0 Å². The Morgan fingerprint density at radius 3 is 2.23 bits per heavy atom. The number of rotatable bonds is 6. The first-order chi connectivity index (χ1) is 10.6. The van der Waals surface area contributed by atoms with Gasteiger partial charge in [-0.2, -0.15) is 0 Å². The summed E-state index contributed by atoms with van der Waals surface area (Å²) in [5, 5.41) is 9.17. The van der Waals surface area contributed by atoms with Crippen LogP contribution in [0.4, 0.5) is 0 Å². The second kappa shape index (κ2) is 6.98. The summed E-state index contributed by atoms with van der Waals surface area (Å²) in [5.74, 6) is -1.53. The minimum Gasteiger partial charge on any atom is -0.421 e. The van der Waals surface area contributed by atoms with Crippen molar-refractivity contribution in [3.63, 3.8) is 0 Å². The molecule has 7 heteroatoms. The van der Waals surface area contributed by atoms with Crippen LogP contribution in [0.3, 0.4) is 0 Å². The lowest BCUT2D eigenvalue weighted by atomic mass is 10.1. The number of benzene rings is 2. The first-order valence-corrected chi connectivity index (χ1v) is 6.24. The molecule has 0 radical (unpaired) electrons. The molecule has 0 unspecified atom stereocenters. The van der Waals surface area contributed by atoms with Crippen LogP contribution in [0.15, 0.2) is 54.6 Å². The van der Waals surface area contributed by atoms with E-state index in [4.69, 9.17) is 4.74 Å². The summed E-state index contributed by atoms with van der Waals surface area (Å²) in [7, 11) is 0. The van der Waals surface area contributed by atoms with Crippen LogP contribution < -0.4 is 4.74 Å². The lowest BCUT2D eigenvalue weighted by molar-refractivity contribution is -0.763. The number of carbonyl (C=O) groups is 2. The van der Waals surface area contributed by atoms with Gasteiger partial charge in [-0.3, -0.25) is 4.79 Å². The van der Waals surface area contributed by atoms with E-state index in [-0.39, 0.29) is 17.9 Å². The lowest BCUT2D eigenvalue weighted by Gasteiger charge is -2.04. The van der Waals surface area contributed by atoms with E-state index in [9.17, 15) is 19.7 Å². The topological polar surface area (TPSA) is 95.7 Å². The summed E-state index contributed by atoms with van der Waals surface area (Å²) in [6.45, 7) is -0.226. The fraction of sp³-hybridized carbons (Fsp3) is 0.0667. The van der Waals surface area contributed by atoms with Crippen LogP contribution in [-0.2, 0) is 16.2 Å². The molecule has 2 aromatic rings. The number of hydrogen-bond donors (Lipinski definition) is 0. The smallest absolute Gasteiger partial charge is 0.385 e. The predicted molar refractivity (Wildman–Crippen MR) is 74.6 cm³/mol. The third kappa shape index (κ3) is 4.14. The minimum absolute atomic E-state index is 0.130. The van der Waals surface area contributed by atoms with Crippen molar-refractivity contribution in [1.29, 1.82) is 0 Å². The number of nitrogens with zero attached hydrogens (tertiary/aromatic N) is 1. The van der Waals surface area contributed by atoms with Crippen molar-refractivity contribution < 1.29 is 24.3 Å². The first-order valence-electron chi connectivity index (χ1n) is 6.24. The molecule has 0 aliphatic rings. The van der Waals surface area contributed by atoms with Crippen molar-refractivity contribution >= 4 is 11.8 Å². The molecule has 0 aliphatic heterocycles. The fourth-order valence-electron chi connectivity index (χ4n) is 1.64. The largest absolute Gasteiger partial charge is 0.421 e. The summed E-state index contributed by atoms with van der Waals surface area (Å²) < 4.78 is 4.94. The number of para-hydroxylation sites is 1. The molecule has 0 aliphatic carbocycles. The summed E-state index contributed by atoms with van der Waals surface area (Å²) in [6.07, 6.45) is 0. The van der Waals surface area contributed by atoms with E-state index in [1.54, 1.807) is 30.3 Å². The van der Waals surface area contributed by atoms with Crippen molar-refractivity contribution in [1.82, 2.24) is 0 Å². The molecule has 2 rings (SSSR count). The lowest BCUT2D eigenvalue weighted by Crippen LogP contribution is -2.20. The first kappa shape index (κ1) is 15.2. The maximum Gasteiger partial charge on any atom is 0.385 e. The zero-order chi connectivity index (χ0) is 15.9. The summed E-state index contributed by atoms with van der Waals surface area (Å²) in [5.41, 5.74) is 0.635. The highest BCUT2D eigenvalue weighted by Crippen LogP contribution is 2.11. The van der Waals surface area contributed by atoms with Crippen LogP contribution in [0.1, 0.15) is 15.9 Å². The Hall–Kier alpha value is -3.22. The monoisotopic (exact) mass is 301 g/mol. The number of hydrogen-bond acceptors (Lipinski definition) is 6. The van der Waals surface area contributed by atoms with Gasteiger partial charge in [-0.25, -0.2) is 4.79 Å². The Bertz CT molecular complexity index is 681. The molecule has 0 heterocycles. The van der Waals surface area contributed by atoms with Gasteiger partial charge in [-0.15, -0.1) is 10.1 Å². The molecule has 2 aromatic carbocycles. The molecule has 0 amide bonds. The summed E-state index contributed by atoms with van der Waals surface area (Å²) >= 11 is 0. The summed E-state index contributed by atoms with van der Waals surface area (Å²) in [6, 6.07) is 13.9. The van der Waals surface area contributed by atoms with E-state index < -0.39 is 16.8 Å². The molecule has 7 nitrogen and oxygen atoms in total. The van der Waals surface area contributed by atoms with Gasteiger partial charge in [0.05, 0.1) is 0 Å². The zero-order valence-corrected chi connectivity index (χ0v) is 11.3. The van der Waals surface area contributed by atoms with Crippen LogP contribution in [0.5, 0.6) is 5.75 Å². The molecule has 0 N–H and O–H groups in total. The highest BCUT2D eigenvalue weighted by Gasteiger charge is 2.18. The van der Waals surface area contributed by atoms with E-state index in [1.165, 1.54) is 24.3 Å². The molecule has 0 fully saturated rings. The van der Waals surface area contributed by atoms with Crippen molar-refractivity contribution in [2.24, 2.45) is 0 Å². The maximum absolute atomic E-state index is 11.9. The average Bonchev–Trinajstić information content (AvgIpc) is 2.53. The van der Waals surface area contributed by atoms with E-state index in [2.05, 4.69) is 4.84 Å². The van der Waals surface area contributed by atoms with Crippen LogP contribution in [0, 0.1) is 10.1 Å². The molecule has 22 heavy (non-hydrogen) atoms. The molecule has 112 valence electrons. The second-order valence-electron chi connectivity index (χ2n) is 4.23. The van der Waals surface area contributed by atoms with Gasteiger partial charge in [0.1, 0.15) is 12.4 Å². The molecular formula is C15H11NO6. The number of esters is 1. The van der Waals surface area contributed by atoms with Gasteiger partial charge in [-0.1, -0.05) is 42.5 Å². The fourth-order valence-corrected chi connectivity index (χ4v) is 1.64. The zero-order valence-electron chi connectivity index (χ0n) is 11.3. The van der Waals surface area contributed by atoms with Crippen LogP contribution in [-0.4, -0.2) is 16.8 Å². The van der Waals surface area contributed by atoms with E-state index in [0.717, 1.165) is 0 Å². The van der Waals surface area contributed by atoms with E-state index in [1.807, 2.05) is 0 Å². The quantitative estimate of drug-likeness (QED) is 0.203. The molecule has 0 aromatic heterocycles. The summed E-state index contributed by atoms with van der Waals surface area (Å²) in [4.78, 5) is 37.9. The van der Waals surface area contributed by atoms with Crippen molar-refractivity contribution in [2.75, 3.05) is 0 Å². The highest BCUT2D eigenvalue weighted by atomic mass is 16.9.